The molecule has 0 amide bonds. The minimum absolute atomic E-state index is 0. The first-order chi connectivity index (χ1) is 15.4. The fraction of sp³-hybridized carbons (Fsp3) is 0.222. The van der Waals surface area contributed by atoms with E-state index < -0.39 is 17.6 Å². The average molecular weight is 480 g/mol. The number of aromatic nitrogens is 9. The molecule has 1 aromatic carbocycles. The molecule has 0 radical (unpaired) electrons. The summed E-state index contributed by atoms with van der Waals surface area (Å²) in [5.41, 5.74) is 0.404. The molecule has 0 aliphatic heterocycles. The van der Waals surface area contributed by atoms with E-state index in [0.717, 1.165) is 12.1 Å². The molecule has 0 atom stereocenters. The van der Waals surface area contributed by atoms with E-state index in [4.69, 9.17) is 9.84 Å². The van der Waals surface area contributed by atoms with Crippen LogP contribution in [0.25, 0.3) is 22.8 Å². The lowest BCUT2D eigenvalue weighted by molar-refractivity contribution is -0.137. The van der Waals surface area contributed by atoms with Crippen LogP contribution < -0.4 is 4.74 Å². The SMILES string of the molecule is Cl.Cn1nnnc1-c1cnc(Oc2ccc(-c3nnn(CCCC(=O)O)n3)c(F)c2)c(F)c1. The number of carboxylic acids is 1. The minimum atomic E-state index is -0.932. The number of ether oxygens (including phenoxy) is 1. The molecule has 0 unspecified atom stereocenters. The van der Waals surface area contributed by atoms with Gasteiger partial charge in [-0.3, -0.25) is 4.79 Å². The lowest BCUT2D eigenvalue weighted by Gasteiger charge is -2.08. The van der Waals surface area contributed by atoms with Gasteiger partial charge in [0.15, 0.2) is 11.6 Å². The Morgan fingerprint density at radius 1 is 1.15 bits per heavy atom. The zero-order chi connectivity index (χ0) is 22.7. The third-order valence-electron chi connectivity index (χ3n) is 4.28. The van der Waals surface area contributed by atoms with Crippen LogP contribution in [-0.2, 0) is 18.4 Å². The largest absolute Gasteiger partial charge is 0.481 e. The fourth-order valence-corrected chi connectivity index (χ4v) is 2.77. The Hall–Kier alpha value is -4.07. The van der Waals surface area contributed by atoms with Crippen molar-refractivity contribution in [3.05, 3.63) is 42.1 Å². The predicted octanol–water partition coefficient (Wildman–Crippen LogP) is 2.28. The second-order valence-electron chi connectivity index (χ2n) is 6.59. The van der Waals surface area contributed by atoms with E-state index in [1.165, 1.54) is 27.8 Å². The van der Waals surface area contributed by atoms with Crippen LogP contribution in [0.2, 0.25) is 0 Å². The predicted molar refractivity (Wildman–Crippen MR) is 109 cm³/mol. The molecule has 0 aliphatic rings. The Labute approximate surface area is 190 Å². The summed E-state index contributed by atoms with van der Waals surface area (Å²) in [6.07, 6.45) is 1.60. The molecule has 4 aromatic rings. The van der Waals surface area contributed by atoms with Gasteiger partial charge >= 0.3 is 5.97 Å². The summed E-state index contributed by atoms with van der Waals surface area (Å²) in [6.45, 7) is 0.230. The lowest BCUT2D eigenvalue weighted by atomic mass is 10.2. The smallest absolute Gasteiger partial charge is 0.303 e. The number of benzene rings is 1. The molecule has 0 saturated carbocycles. The van der Waals surface area contributed by atoms with Gasteiger partial charge in [0.05, 0.1) is 12.1 Å². The van der Waals surface area contributed by atoms with E-state index in [9.17, 15) is 13.6 Å². The van der Waals surface area contributed by atoms with Gasteiger partial charge in [-0.25, -0.2) is 18.4 Å². The third-order valence-corrected chi connectivity index (χ3v) is 4.28. The summed E-state index contributed by atoms with van der Waals surface area (Å²) in [7, 11) is 1.60. The van der Waals surface area contributed by atoms with E-state index in [-0.39, 0.29) is 48.4 Å². The molecular formula is C18H16ClF2N9O3. The van der Waals surface area contributed by atoms with Crippen LogP contribution >= 0.6 is 12.4 Å². The molecule has 3 heterocycles. The van der Waals surface area contributed by atoms with Crippen LogP contribution in [0, 0.1) is 11.6 Å². The summed E-state index contributed by atoms with van der Waals surface area (Å²) in [5.74, 6) is -2.41. The topological polar surface area (TPSA) is 147 Å². The molecule has 0 saturated heterocycles. The zero-order valence-electron chi connectivity index (χ0n) is 17.0. The first-order valence-corrected chi connectivity index (χ1v) is 9.26. The van der Waals surface area contributed by atoms with Gasteiger partial charge in [-0.15, -0.1) is 27.7 Å². The van der Waals surface area contributed by atoms with Gasteiger partial charge in [-0.2, -0.15) is 4.80 Å². The Kier molecular flexibility index (Phi) is 7.17. The van der Waals surface area contributed by atoms with Crippen LogP contribution in [0.1, 0.15) is 12.8 Å². The molecule has 15 heteroatoms. The summed E-state index contributed by atoms with van der Waals surface area (Å²) in [6, 6.07) is 4.97. The van der Waals surface area contributed by atoms with Crippen molar-refractivity contribution in [2.24, 2.45) is 7.05 Å². The number of halogens is 3. The Morgan fingerprint density at radius 2 is 1.97 bits per heavy atom. The maximum atomic E-state index is 14.6. The van der Waals surface area contributed by atoms with Crippen molar-refractivity contribution in [2.75, 3.05) is 0 Å². The van der Waals surface area contributed by atoms with Gasteiger partial charge in [0.1, 0.15) is 11.6 Å². The second kappa shape index (κ2) is 10.0. The quantitative estimate of drug-likeness (QED) is 0.399. The monoisotopic (exact) mass is 479 g/mol. The second-order valence-corrected chi connectivity index (χ2v) is 6.59. The number of tetrazole rings is 2. The average Bonchev–Trinajstić information content (AvgIpc) is 3.38. The number of carboxylic acid groups (broad SMARTS) is 1. The Balaban J connectivity index is 0.00000306. The van der Waals surface area contributed by atoms with Crippen LogP contribution in [0.4, 0.5) is 8.78 Å². The molecular weight excluding hydrogens is 464 g/mol. The normalized spacial score (nSPS) is 10.6. The van der Waals surface area contributed by atoms with E-state index in [1.807, 2.05) is 0 Å². The van der Waals surface area contributed by atoms with E-state index in [2.05, 4.69) is 35.9 Å². The highest BCUT2D eigenvalue weighted by Gasteiger charge is 2.16. The minimum Gasteiger partial charge on any atom is -0.481 e. The van der Waals surface area contributed by atoms with Crippen molar-refractivity contribution in [1.29, 1.82) is 0 Å². The van der Waals surface area contributed by atoms with Gasteiger partial charge in [-0.05, 0) is 40.3 Å². The standard InChI is InChI=1S/C18H15F2N9O3.ClH/c1-28-17(23-25-27-28)10-7-14(20)18(21-9-10)32-11-4-5-12(13(19)8-11)16-22-26-29(24-16)6-2-3-15(30)31;/h4-5,7-9H,2-3,6H2,1H3,(H,30,31);1H. The number of rotatable bonds is 8. The van der Waals surface area contributed by atoms with Gasteiger partial charge in [0, 0.05) is 31.3 Å². The van der Waals surface area contributed by atoms with E-state index in [0.29, 0.717) is 17.8 Å². The van der Waals surface area contributed by atoms with Gasteiger partial charge in [-0.1, -0.05) is 0 Å². The third kappa shape index (κ3) is 5.41. The molecule has 1 N–H and O–H groups in total. The Morgan fingerprint density at radius 3 is 2.64 bits per heavy atom. The highest BCUT2D eigenvalue weighted by atomic mass is 35.5. The highest BCUT2D eigenvalue weighted by molar-refractivity contribution is 5.85. The Bertz CT molecular complexity index is 1280. The molecule has 12 nitrogen and oxygen atoms in total. The highest BCUT2D eigenvalue weighted by Crippen LogP contribution is 2.28. The first-order valence-electron chi connectivity index (χ1n) is 9.26. The number of aliphatic carboxylic acids is 1. The molecule has 33 heavy (non-hydrogen) atoms. The number of nitrogens with zero attached hydrogens (tertiary/aromatic N) is 9. The van der Waals surface area contributed by atoms with Crippen molar-refractivity contribution in [2.45, 2.75) is 19.4 Å². The molecule has 0 aliphatic carbocycles. The van der Waals surface area contributed by atoms with E-state index >= 15 is 0 Å². The van der Waals surface area contributed by atoms with E-state index in [1.54, 1.807) is 7.05 Å². The molecule has 0 bridgehead atoms. The molecule has 3 aromatic heterocycles. The van der Waals surface area contributed by atoms with Crippen LogP contribution in [0.5, 0.6) is 11.6 Å². The van der Waals surface area contributed by atoms with Crippen molar-refractivity contribution >= 4 is 18.4 Å². The maximum Gasteiger partial charge on any atom is 0.303 e. The number of pyridine rings is 1. The van der Waals surface area contributed by atoms with Gasteiger partial charge < -0.3 is 9.84 Å². The zero-order valence-corrected chi connectivity index (χ0v) is 17.8. The summed E-state index contributed by atoms with van der Waals surface area (Å²) in [5, 5.41) is 31.2. The number of hydrogen-bond acceptors (Lipinski definition) is 9. The number of hydrogen-bond donors (Lipinski definition) is 1. The molecule has 172 valence electrons. The summed E-state index contributed by atoms with van der Waals surface area (Å²) in [4.78, 5) is 15.7. The van der Waals surface area contributed by atoms with Gasteiger partial charge in [0.2, 0.25) is 5.82 Å². The maximum absolute atomic E-state index is 14.6. The molecule has 0 fully saturated rings. The first kappa shape index (κ1) is 23.6. The van der Waals surface area contributed by atoms with Crippen molar-refractivity contribution in [3.63, 3.8) is 0 Å². The fourth-order valence-electron chi connectivity index (χ4n) is 2.77. The van der Waals surface area contributed by atoms with Crippen LogP contribution in [-0.4, -0.2) is 56.5 Å². The lowest BCUT2D eigenvalue weighted by Crippen LogP contribution is -2.05. The summed E-state index contributed by atoms with van der Waals surface area (Å²) >= 11 is 0. The van der Waals surface area contributed by atoms with Gasteiger partial charge in [0.25, 0.3) is 5.88 Å². The van der Waals surface area contributed by atoms with Crippen LogP contribution in [0.15, 0.2) is 30.5 Å². The van der Waals surface area contributed by atoms with Crippen molar-refractivity contribution in [1.82, 2.24) is 45.4 Å². The molecule has 4 rings (SSSR count). The van der Waals surface area contributed by atoms with Crippen LogP contribution in [0.3, 0.4) is 0 Å². The number of carbonyl (C=O) groups is 1. The van der Waals surface area contributed by atoms with Crippen molar-refractivity contribution < 1.29 is 23.4 Å². The number of aryl methyl sites for hydroxylation is 2. The molecule has 0 spiro atoms. The van der Waals surface area contributed by atoms with Crippen molar-refractivity contribution in [3.8, 4) is 34.4 Å². The summed E-state index contributed by atoms with van der Waals surface area (Å²) < 4.78 is 35.7.